The topological polar surface area (TPSA) is 85.1 Å². The number of anilines is 2. The van der Waals surface area contributed by atoms with Gasteiger partial charge in [-0.2, -0.15) is 0 Å². The lowest BCUT2D eigenvalue weighted by molar-refractivity contribution is 0.602. The third kappa shape index (κ3) is 2.85. The predicted octanol–water partition coefficient (Wildman–Crippen LogP) is 2.28. The number of aryl methyl sites for hydroxylation is 2. The van der Waals surface area contributed by atoms with E-state index in [0.717, 1.165) is 11.3 Å². The highest BCUT2D eigenvalue weighted by molar-refractivity contribution is 7.94. The fraction of sp³-hybridized carbons (Fsp3) is 0.182. The van der Waals surface area contributed by atoms with Gasteiger partial charge in [-0.25, -0.2) is 17.8 Å². The van der Waals surface area contributed by atoms with Gasteiger partial charge >= 0.3 is 0 Å². The Bertz CT molecular complexity index is 726. The Morgan fingerprint density at radius 2 is 2.05 bits per heavy atom. The molecule has 2 rings (SSSR count). The van der Waals surface area contributed by atoms with Crippen molar-refractivity contribution in [2.24, 2.45) is 0 Å². The standard InChI is InChI=1S/C11H12FN3O2S2/c1-6-5-8(3-4-9(6)12)15-19(16,17)10-7(2)14-11(13)18-10/h3-5,15H,1-2H3,(H2,13,14). The highest BCUT2D eigenvalue weighted by Gasteiger charge is 2.21. The van der Waals surface area contributed by atoms with E-state index in [1.165, 1.54) is 18.2 Å². The van der Waals surface area contributed by atoms with Crippen LogP contribution in [0, 0.1) is 19.7 Å². The van der Waals surface area contributed by atoms with Crippen LogP contribution in [0.3, 0.4) is 0 Å². The number of benzene rings is 1. The Morgan fingerprint density at radius 3 is 2.58 bits per heavy atom. The number of nitrogens with one attached hydrogen (secondary N) is 1. The van der Waals surface area contributed by atoms with Crippen molar-refractivity contribution in [3.63, 3.8) is 0 Å². The van der Waals surface area contributed by atoms with Crippen molar-refractivity contribution in [2.45, 2.75) is 18.1 Å². The van der Waals surface area contributed by atoms with E-state index in [-0.39, 0.29) is 15.2 Å². The van der Waals surface area contributed by atoms with Gasteiger partial charge in [0.05, 0.1) is 5.69 Å². The van der Waals surface area contributed by atoms with Crippen LogP contribution in [0.4, 0.5) is 15.2 Å². The van der Waals surface area contributed by atoms with Crippen LogP contribution in [0.1, 0.15) is 11.3 Å². The average molecular weight is 301 g/mol. The van der Waals surface area contributed by atoms with Crippen LogP contribution in [0.25, 0.3) is 0 Å². The van der Waals surface area contributed by atoms with Crippen LogP contribution in [0.5, 0.6) is 0 Å². The number of rotatable bonds is 3. The predicted molar refractivity (Wildman–Crippen MR) is 73.2 cm³/mol. The molecule has 0 spiro atoms. The fourth-order valence-electron chi connectivity index (χ4n) is 1.56. The maximum atomic E-state index is 13.1. The fourth-order valence-corrected chi connectivity index (χ4v) is 3.91. The highest BCUT2D eigenvalue weighted by atomic mass is 32.2. The second-order valence-corrected chi connectivity index (χ2v) is 6.90. The third-order valence-electron chi connectivity index (χ3n) is 2.42. The molecular formula is C11H12FN3O2S2. The zero-order chi connectivity index (χ0) is 14.2. The van der Waals surface area contributed by atoms with Crippen molar-refractivity contribution in [1.29, 1.82) is 0 Å². The summed E-state index contributed by atoms with van der Waals surface area (Å²) in [6.45, 7) is 3.13. The lowest BCUT2D eigenvalue weighted by Gasteiger charge is -2.07. The minimum atomic E-state index is -3.75. The molecule has 102 valence electrons. The molecule has 0 aliphatic heterocycles. The van der Waals surface area contributed by atoms with Crippen molar-refractivity contribution in [2.75, 3.05) is 10.5 Å². The first kappa shape index (κ1) is 13.8. The maximum absolute atomic E-state index is 13.1. The molecule has 1 aromatic carbocycles. The normalized spacial score (nSPS) is 11.5. The quantitative estimate of drug-likeness (QED) is 0.910. The summed E-state index contributed by atoms with van der Waals surface area (Å²) in [5.41, 5.74) is 6.48. The van der Waals surface area contributed by atoms with E-state index in [2.05, 4.69) is 9.71 Å². The molecule has 0 aliphatic carbocycles. The Balaban J connectivity index is 2.36. The summed E-state index contributed by atoms with van der Waals surface area (Å²) in [5.74, 6) is -0.388. The van der Waals surface area contributed by atoms with Gasteiger partial charge in [-0.15, -0.1) is 0 Å². The molecule has 5 nitrogen and oxygen atoms in total. The SMILES string of the molecule is Cc1cc(NS(=O)(=O)c2sc(N)nc2C)ccc1F. The van der Waals surface area contributed by atoms with Crippen LogP contribution in [-0.4, -0.2) is 13.4 Å². The third-order valence-corrected chi connectivity index (χ3v) is 5.40. The lowest BCUT2D eigenvalue weighted by atomic mass is 10.2. The summed E-state index contributed by atoms with van der Waals surface area (Å²) >= 11 is 0.890. The van der Waals surface area contributed by atoms with Crippen molar-refractivity contribution in [3.8, 4) is 0 Å². The van der Waals surface area contributed by atoms with Crippen LogP contribution in [-0.2, 0) is 10.0 Å². The summed E-state index contributed by atoms with van der Waals surface area (Å²) in [5, 5.41) is 0.188. The molecule has 8 heteroatoms. The van der Waals surface area contributed by atoms with Crippen molar-refractivity contribution in [1.82, 2.24) is 4.98 Å². The Morgan fingerprint density at radius 1 is 1.37 bits per heavy atom. The Kier molecular flexibility index (Phi) is 3.46. The van der Waals surface area contributed by atoms with E-state index in [4.69, 9.17) is 5.73 Å². The molecule has 0 atom stereocenters. The number of hydrogen-bond donors (Lipinski definition) is 2. The van der Waals surface area contributed by atoms with Gasteiger partial charge in [-0.1, -0.05) is 11.3 Å². The van der Waals surface area contributed by atoms with E-state index in [1.807, 2.05) is 0 Å². The molecule has 2 aromatic rings. The van der Waals surface area contributed by atoms with Crippen LogP contribution < -0.4 is 10.5 Å². The van der Waals surface area contributed by atoms with E-state index >= 15 is 0 Å². The summed E-state index contributed by atoms with van der Waals surface area (Å²) in [4.78, 5) is 3.87. The van der Waals surface area contributed by atoms with Crippen molar-refractivity contribution < 1.29 is 12.8 Å². The van der Waals surface area contributed by atoms with E-state index in [0.29, 0.717) is 16.9 Å². The van der Waals surface area contributed by atoms with Gasteiger partial charge < -0.3 is 5.73 Å². The first-order valence-corrected chi connectivity index (χ1v) is 7.61. The monoisotopic (exact) mass is 301 g/mol. The van der Waals surface area contributed by atoms with Crippen molar-refractivity contribution in [3.05, 3.63) is 35.3 Å². The number of hydrogen-bond acceptors (Lipinski definition) is 5. The molecule has 0 aliphatic rings. The maximum Gasteiger partial charge on any atom is 0.273 e. The number of halogens is 1. The van der Waals surface area contributed by atoms with Crippen molar-refractivity contribution >= 4 is 32.2 Å². The molecule has 0 radical (unpaired) electrons. The number of nitrogen functional groups attached to an aromatic ring is 1. The number of nitrogens with zero attached hydrogens (tertiary/aromatic N) is 1. The van der Waals surface area contributed by atoms with Gasteiger partial charge in [0.15, 0.2) is 9.34 Å². The summed E-state index contributed by atoms with van der Waals surface area (Å²) in [6, 6.07) is 3.99. The van der Waals surface area contributed by atoms with E-state index < -0.39 is 10.0 Å². The zero-order valence-corrected chi connectivity index (χ0v) is 11.9. The van der Waals surface area contributed by atoms with Gasteiger partial charge in [0.25, 0.3) is 10.0 Å². The Labute approximate surface area is 114 Å². The molecule has 0 saturated carbocycles. The first-order valence-electron chi connectivity index (χ1n) is 5.31. The van der Waals surface area contributed by atoms with E-state index in [9.17, 15) is 12.8 Å². The van der Waals surface area contributed by atoms with Gasteiger partial charge in [0.1, 0.15) is 5.82 Å². The number of nitrogens with two attached hydrogens (primary N) is 1. The molecule has 3 N–H and O–H groups in total. The molecule has 0 saturated heterocycles. The first-order chi connectivity index (χ1) is 8.79. The Hall–Kier alpha value is -1.67. The van der Waals surface area contributed by atoms with Gasteiger partial charge in [-0.3, -0.25) is 4.72 Å². The molecule has 1 heterocycles. The molecule has 1 aromatic heterocycles. The summed E-state index contributed by atoms with van der Waals surface area (Å²) in [7, 11) is -3.75. The second kappa shape index (κ2) is 4.78. The molecule has 19 heavy (non-hydrogen) atoms. The van der Waals surface area contributed by atoms with Crippen LogP contribution >= 0.6 is 11.3 Å². The number of thiazole rings is 1. The lowest BCUT2D eigenvalue weighted by Crippen LogP contribution is -2.12. The number of sulfonamides is 1. The van der Waals surface area contributed by atoms with Gasteiger partial charge in [-0.05, 0) is 37.6 Å². The second-order valence-electron chi connectivity index (χ2n) is 3.99. The largest absolute Gasteiger partial charge is 0.375 e. The molecule has 0 bridgehead atoms. The summed E-state index contributed by atoms with van der Waals surface area (Å²) in [6.07, 6.45) is 0. The molecule has 0 unspecified atom stereocenters. The van der Waals surface area contributed by atoms with Crippen LogP contribution in [0.15, 0.2) is 22.4 Å². The van der Waals surface area contributed by atoms with Gasteiger partial charge in [0, 0.05) is 5.69 Å². The smallest absolute Gasteiger partial charge is 0.273 e. The van der Waals surface area contributed by atoms with Gasteiger partial charge in [0.2, 0.25) is 0 Å². The zero-order valence-electron chi connectivity index (χ0n) is 10.3. The van der Waals surface area contributed by atoms with E-state index in [1.54, 1.807) is 13.8 Å². The van der Waals surface area contributed by atoms with Crippen LogP contribution in [0.2, 0.25) is 0 Å². The molecule has 0 fully saturated rings. The summed E-state index contributed by atoms with van der Waals surface area (Å²) < 4.78 is 39.8. The average Bonchev–Trinajstić information content (AvgIpc) is 2.63. The minimum Gasteiger partial charge on any atom is -0.375 e. The molecule has 0 amide bonds. The number of aromatic nitrogens is 1. The minimum absolute atomic E-state index is 0.0620. The molecular weight excluding hydrogens is 289 g/mol. The highest BCUT2D eigenvalue weighted by Crippen LogP contribution is 2.27.